The van der Waals surface area contributed by atoms with Gasteiger partial charge in [-0.15, -0.1) is 0 Å². The zero-order valence-corrected chi connectivity index (χ0v) is 13.8. The molecule has 0 radical (unpaired) electrons. The predicted molar refractivity (Wildman–Crippen MR) is 81.8 cm³/mol. The van der Waals surface area contributed by atoms with Gasteiger partial charge in [0.15, 0.2) is 0 Å². The standard InChI is InChI=1S/C15H24N2O4S/c1-12-6-9-16(11-14(12)18)10-13-4-5-15(21-13)22(19,20)17-7-2-3-8-17/h4-5,12,14,18H,2-3,6-11H2,1H3. The van der Waals surface area contributed by atoms with E-state index in [4.69, 9.17) is 4.42 Å². The van der Waals surface area contributed by atoms with Crippen LogP contribution in [-0.4, -0.2) is 55.0 Å². The first kappa shape index (κ1) is 16.0. The summed E-state index contributed by atoms with van der Waals surface area (Å²) in [6.07, 6.45) is 2.45. The molecule has 2 aliphatic rings. The van der Waals surface area contributed by atoms with Crippen molar-refractivity contribution in [3.63, 3.8) is 0 Å². The number of likely N-dealkylation sites (tertiary alicyclic amines) is 1. The molecule has 1 aromatic heterocycles. The van der Waals surface area contributed by atoms with Gasteiger partial charge in [0.1, 0.15) is 5.76 Å². The fraction of sp³-hybridized carbons (Fsp3) is 0.733. The summed E-state index contributed by atoms with van der Waals surface area (Å²) in [5, 5.41) is 9.97. The molecular formula is C15H24N2O4S. The van der Waals surface area contributed by atoms with E-state index in [9.17, 15) is 13.5 Å². The second-order valence-corrected chi connectivity index (χ2v) is 8.27. The minimum atomic E-state index is -3.48. The number of sulfonamides is 1. The van der Waals surface area contributed by atoms with Crippen LogP contribution in [0.4, 0.5) is 0 Å². The molecule has 2 saturated heterocycles. The molecule has 2 fully saturated rings. The maximum absolute atomic E-state index is 12.4. The van der Waals surface area contributed by atoms with Gasteiger partial charge in [-0.1, -0.05) is 6.92 Å². The van der Waals surface area contributed by atoms with Crippen LogP contribution in [0.2, 0.25) is 0 Å². The molecule has 3 heterocycles. The molecule has 0 spiro atoms. The molecular weight excluding hydrogens is 304 g/mol. The third-order valence-corrected chi connectivity index (χ3v) is 6.45. The Morgan fingerprint density at radius 2 is 2.00 bits per heavy atom. The van der Waals surface area contributed by atoms with Gasteiger partial charge in [-0.2, -0.15) is 4.31 Å². The maximum atomic E-state index is 12.4. The van der Waals surface area contributed by atoms with Gasteiger partial charge >= 0.3 is 0 Å². The van der Waals surface area contributed by atoms with Crippen molar-refractivity contribution >= 4 is 10.0 Å². The highest BCUT2D eigenvalue weighted by Crippen LogP contribution is 2.24. The number of rotatable bonds is 4. The lowest BCUT2D eigenvalue weighted by Crippen LogP contribution is -2.42. The Labute approximate surface area is 131 Å². The van der Waals surface area contributed by atoms with E-state index in [1.165, 1.54) is 4.31 Å². The molecule has 2 atom stereocenters. The molecule has 2 aliphatic heterocycles. The van der Waals surface area contributed by atoms with Crippen LogP contribution in [0.3, 0.4) is 0 Å². The van der Waals surface area contributed by atoms with E-state index < -0.39 is 10.0 Å². The van der Waals surface area contributed by atoms with E-state index in [2.05, 4.69) is 11.8 Å². The summed E-state index contributed by atoms with van der Waals surface area (Å²) in [6, 6.07) is 3.28. The highest BCUT2D eigenvalue weighted by molar-refractivity contribution is 7.89. The van der Waals surface area contributed by atoms with Crippen LogP contribution in [0.15, 0.2) is 21.6 Å². The van der Waals surface area contributed by atoms with Crippen LogP contribution in [0.25, 0.3) is 0 Å². The van der Waals surface area contributed by atoms with Gasteiger partial charge in [0.05, 0.1) is 12.6 Å². The Kier molecular flexibility index (Phi) is 4.59. The molecule has 0 amide bonds. The highest BCUT2D eigenvalue weighted by atomic mass is 32.2. The largest absolute Gasteiger partial charge is 0.447 e. The van der Waals surface area contributed by atoms with Crippen LogP contribution < -0.4 is 0 Å². The summed E-state index contributed by atoms with van der Waals surface area (Å²) < 4.78 is 31.9. The van der Waals surface area contributed by atoms with Crippen molar-refractivity contribution in [2.75, 3.05) is 26.2 Å². The zero-order chi connectivity index (χ0) is 15.7. The summed E-state index contributed by atoms with van der Waals surface area (Å²) in [7, 11) is -3.48. The summed E-state index contributed by atoms with van der Waals surface area (Å²) in [5.41, 5.74) is 0. The number of hydrogen-bond acceptors (Lipinski definition) is 5. The fourth-order valence-electron chi connectivity index (χ4n) is 3.12. The van der Waals surface area contributed by atoms with Crippen LogP contribution in [0.1, 0.15) is 31.9 Å². The summed E-state index contributed by atoms with van der Waals surface area (Å²) in [6.45, 7) is 5.25. The van der Waals surface area contributed by atoms with Gasteiger partial charge in [-0.25, -0.2) is 8.42 Å². The quantitative estimate of drug-likeness (QED) is 0.901. The van der Waals surface area contributed by atoms with Gasteiger partial charge in [0, 0.05) is 19.6 Å². The monoisotopic (exact) mass is 328 g/mol. The predicted octanol–water partition coefficient (Wildman–Crippen LogP) is 1.27. The molecule has 0 aromatic carbocycles. The number of β-amino-alcohol motifs (C(OH)–C–C–N with tert-alkyl or cyclic N) is 1. The van der Waals surface area contributed by atoms with Crippen LogP contribution >= 0.6 is 0 Å². The number of aliphatic hydroxyl groups is 1. The molecule has 6 nitrogen and oxygen atoms in total. The Balaban J connectivity index is 1.66. The first-order chi connectivity index (χ1) is 10.5. The maximum Gasteiger partial charge on any atom is 0.276 e. The average Bonchev–Trinajstić information content (AvgIpc) is 3.14. The van der Waals surface area contributed by atoms with Crippen LogP contribution in [0.5, 0.6) is 0 Å². The average molecular weight is 328 g/mol. The molecule has 124 valence electrons. The van der Waals surface area contributed by atoms with Gasteiger partial charge in [0.2, 0.25) is 5.09 Å². The third-order valence-electron chi connectivity index (χ3n) is 4.68. The molecule has 3 rings (SSSR count). The molecule has 0 saturated carbocycles. The number of aliphatic hydroxyl groups excluding tert-OH is 1. The lowest BCUT2D eigenvalue weighted by atomic mass is 9.96. The van der Waals surface area contributed by atoms with Crippen LogP contribution in [0, 0.1) is 5.92 Å². The Morgan fingerprint density at radius 3 is 2.68 bits per heavy atom. The van der Waals surface area contributed by atoms with Crippen molar-refractivity contribution in [1.82, 2.24) is 9.21 Å². The van der Waals surface area contributed by atoms with Crippen LogP contribution in [-0.2, 0) is 16.6 Å². The van der Waals surface area contributed by atoms with Gasteiger partial charge in [0.25, 0.3) is 10.0 Å². The summed E-state index contributed by atoms with van der Waals surface area (Å²) in [5.74, 6) is 0.957. The third kappa shape index (κ3) is 3.22. The molecule has 7 heteroatoms. The molecule has 2 unspecified atom stereocenters. The minimum absolute atomic E-state index is 0.0373. The smallest absolute Gasteiger partial charge is 0.276 e. The van der Waals surface area contributed by atoms with E-state index in [1.54, 1.807) is 12.1 Å². The van der Waals surface area contributed by atoms with Crippen molar-refractivity contribution in [2.45, 2.75) is 43.9 Å². The topological polar surface area (TPSA) is 74.0 Å². The van der Waals surface area contributed by atoms with Crippen molar-refractivity contribution in [3.8, 4) is 0 Å². The highest BCUT2D eigenvalue weighted by Gasteiger charge is 2.30. The lowest BCUT2D eigenvalue weighted by molar-refractivity contribution is 0.0229. The van der Waals surface area contributed by atoms with Gasteiger partial charge in [-0.3, -0.25) is 4.90 Å². The van der Waals surface area contributed by atoms with Crippen molar-refractivity contribution in [1.29, 1.82) is 0 Å². The van der Waals surface area contributed by atoms with Gasteiger partial charge in [-0.05, 0) is 43.9 Å². The number of furan rings is 1. The molecule has 0 aliphatic carbocycles. The van der Waals surface area contributed by atoms with Crippen molar-refractivity contribution in [3.05, 3.63) is 17.9 Å². The summed E-state index contributed by atoms with van der Waals surface area (Å²) in [4.78, 5) is 2.11. The normalized spacial score (nSPS) is 28.3. The number of piperidine rings is 1. The number of nitrogens with zero attached hydrogens (tertiary/aromatic N) is 2. The Bertz CT molecular complexity index is 607. The van der Waals surface area contributed by atoms with E-state index in [-0.39, 0.29) is 11.2 Å². The van der Waals surface area contributed by atoms with Gasteiger partial charge < -0.3 is 9.52 Å². The second-order valence-electron chi connectivity index (χ2n) is 6.40. The zero-order valence-electron chi connectivity index (χ0n) is 12.9. The van der Waals surface area contributed by atoms with E-state index in [0.29, 0.717) is 37.9 Å². The van der Waals surface area contributed by atoms with Crippen molar-refractivity contribution in [2.24, 2.45) is 5.92 Å². The first-order valence-corrected chi connectivity index (χ1v) is 9.40. The molecule has 0 bridgehead atoms. The SMILES string of the molecule is CC1CCN(Cc2ccc(S(=O)(=O)N3CCCC3)o2)CC1O. The molecule has 1 aromatic rings. The Morgan fingerprint density at radius 1 is 1.27 bits per heavy atom. The fourth-order valence-corrected chi connectivity index (χ4v) is 4.56. The number of hydrogen-bond donors (Lipinski definition) is 1. The Hall–Kier alpha value is -0.890. The summed E-state index contributed by atoms with van der Waals surface area (Å²) >= 11 is 0. The van der Waals surface area contributed by atoms with E-state index >= 15 is 0 Å². The molecule has 1 N–H and O–H groups in total. The van der Waals surface area contributed by atoms with Crippen molar-refractivity contribution < 1.29 is 17.9 Å². The second kappa shape index (κ2) is 6.31. The minimum Gasteiger partial charge on any atom is -0.447 e. The van der Waals surface area contributed by atoms with E-state index in [1.807, 2.05) is 0 Å². The first-order valence-electron chi connectivity index (χ1n) is 7.96. The van der Waals surface area contributed by atoms with E-state index in [0.717, 1.165) is 25.8 Å². The molecule has 22 heavy (non-hydrogen) atoms. The lowest BCUT2D eigenvalue weighted by Gasteiger charge is -2.33.